The third-order valence-electron chi connectivity index (χ3n) is 4.72. The van der Waals surface area contributed by atoms with Crippen LogP contribution < -0.4 is 4.90 Å². The molecule has 5 rings (SSSR count). The fraction of sp³-hybridized carbons (Fsp3) is 0.211. The molecule has 3 heterocycles. The second-order valence-electron chi connectivity index (χ2n) is 6.54. The van der Waals surface area contributed by atoms with E-state index in [-0.39, 0.29) is 0 Å². The molecule has 7 heteroatoms. The van der Waals surface area contributed by atoms with Crippen molar-refractivity contribution < 1.29 is 0 Å². The van der Waals surface area contributed by atoms with Crippen molar-refractivity contribution in [2.75, 3.05) is 11.4 Å². The lowest BCUT2D eigenvalue weighted by Crippen LogP contribution is -2.19. The molecule has 1 saturated carbocycles. The molecule has 1 aliphatic carbocycles. The average Bonchev–Trinajstić information content (AvgIpc) is 3.24. The Morgan fingerprint density at radius 3 is 2.81 bits per heavy atom. The summed E-state index contributed by atoms with van der Waals surface area (Å²) in [5, 5.41) is 8.93. The summed E-state index contributed by atoms with van der Waals surface area (Å²) in [6, 6.07) is 9.00. The van der Waals surface area contributed by atoms with Gasteiger partial charge in [-0.1, -0.05) is 23.7 Å². The number of allylic oxidation sites excluding steroid dienone is 2. The Bertz CT molecular complexity index is 1010. The molecule has 130 valence electrons. The van der Waals surface area contributed by atoms with Gasteiger partial charge in [0, 0.05) is 41.9 Å². The zero-order valence-electron chi connectivity index (χ0n) is 14.0. The van der Waals surface area contributed by atoms with Gasteiger partial charge in [0.1, 0.15) is 17.8 Å². The summed E-state index contributed by atoms with van der Waals surface area (Å²) in [6.45, 7) is 0.778. The Kier molecular flexibility index (Phi) is 3.64. The summed E-state index contributed by atoms with van der Waals surface area (Å²) in [5.74, 6) is 0.944. The molecule has 0 unspecified atom stereocenters. The molecule has 0 saturated heterocycles. The van der Waals surface area contributed by atoms with Crippen LogP contribution in [0, 0.1) is 0 Å². The Morgan fingerprint density at radius 1 is 1.15 bits per heavy atom. The topological polar surface area (TPSA) is 51.8 Å². The number of halogens is 1. The quantitative estimate of drug-likeness (QED) is 0.702. The Labute approximate surface area is 156 Å². The molecule has 1 aromatic carbocycles. The number of benzene rings is 1. The molecule has 1 fully saturated rings. The summed E-state index contributed by atoms with van der Waals surface area (Å²) >= 11 is 5.90. The van der Waals surface area contributed by atoms with Gasteiger partial charge >= 0.3 is 0 Å². The van der Waals surface area contributed by atoms with Crippen LogP contribution in [0.3, 0.4) is 0 Å². The number of hydrogen-bond acceptors (Lipinski definition) is 4. The van der Waals surface area contributed by atoms with E-state index in [0.717, 1.165) is 29.3 Å². The first-order chi connectivity index (χ1) is 12.8. The van der Waals surface area contributed by atoms with Crippen molar-refractivity contribution in [1.82, 2.24) is 24.3 Å². The lowest BCUT2D eigenvalue weighted by atomic mass is 10.1. The summed E-state index contributed by atoms with van der Waals surface area (Å²) in [5.41, 5.74) is 3.28. The third kappa shape index (κ3) is 2.82. The first-order valence-electron chi connectivity index (χ1n) is 8.63. The number of aromatic nitrogens is 5. The highest BCUT2D eigenvalue weighted by Gasteiger charge is 2.26. The number of anilines is 1. The molecule has 0 amide bonds. The van der Waals surface area contributed by atoms with Crippen LogP contribution in [0.4, 0.5) is 5.69 Å². The van der Waals surface area contributed by atoms with Crippen LogP contribution >= 0.6 is 11.6 Å². The van der Waals surface area contributed by atoms with Crippen molar-refractivity contribution in [1.29, 1.82) is 0 Å². The van der Waals surface area contributed by atoms with E-state index >= 15 is 0 Å². The van der Waals surface area contributed by atoms with Gasteiger partial charge in [0.15, 0.2) is 5.82 Å². The molecular weight excluding hydrogens is 348 g/mol. The maximum absolute atomic E-state index is 5.90. The van der Waals surface area contributed by atoms with E-state index < -0.39 is 0 Å². The highest BCUT2D eigenvalue weighted by molar-refractivity contribution is 6.29. The van der Waals surface area contributed by atoms with Crippen molar-refractivity contribution in [2.45, 2.75) is 18.9 Å². The van der Waals surface area contributed by atoms with Crippen molar-refractivity contribution in [3.8, 4) is 11.4 Å². The van der Waals surface area contributed by atoms with Gasteiger partial charge < -0.3 is 14.0 Å². The SMILES string of the molecule is Clc1cn(C2=CCN(c3cccc(-c4nncn4C4CC4)c3)C=C2)cn1. The molecule has 1 aliphatic heterocycles. The van der Waals surface area contributed by atoms with E-state index in [1.807, 2.05) is 10.9 Å². The van der Waals surface area contributed by atoms with Gasteiger partial charge in [-0.3, -0.25) is 0 Å². The molecule has 3 aromatic rings. The Hall–Kier alpha value is -2.86. The van der Waals surface area contributed by atoms with E-state index in [0.29, 0.717) is 11.2 Å². The number of hydrogen-bond donors (Lipinski definition) is 0. The van der Waals surface area contributed by atoms with Gasteiger partial charge in [-0.25, -0.2) is 4.98 Å². The van der Waals surface area contributed by atoms with Crippen molar-refractivity contribution in [3.63, 3.8) is 0 Å². The molecule has 0 bridgehead atoms. The molecule has 26 heavy (non-hydrogen) atoms. The largest absolute Gasteiger partial charge is 0.344 e. The third-order valence-corrected chi connectivity index (χ3v) is 4.92. The second-order valence-corrected chi connectivity index (χ2v) is 6.93. The van der Waals surface area contributed by atoms with Crippen molar-refractivity contribution in [3.05, 3.63) is 66.6 Å². The van der Waals surface area contributed by atoms with Crippen LogP contribution in [-0.2, 0) is 0 Å². The minimum absolute atomic E-state index is 0.495. The molecule has 0 atom stereocenters. The highest BCUT2D eigenvalue weighted by Crippen LogP contribution is 2.38. The second kappa shape index (κ2) is 6.14. The van der Waals surface area contributed by atoms with Crippen LogP contribution in [0.2, 0.25) is 5.15 Å². The fourth-order valence-corrected chi connectivity index (χ4v) is 3.35. The smallest absolute Gasteiger partial charge is 0.164 e. The number of nitrogens with zero attached hydrogens (tertiary/aromatic N) is 6. The fourth-order valence-electron chi connectivity index (χ4n) is 3.20. The maximum Gasteiger partial charge on any atom is 0.164 e. The number of rotatable bonds is 4. The van der Waals surface area contributed by atoms with E-state index in [1.165, 1.54) is 12.8 Å². The zero-order valence-corrected chi connectivity index (χ0v) is 14.8. The van der Waals surface area contributed by atoms with Gasteiger partial charge in [-0.2, -0.15) is 0 Å². The van der Waals surface area contributed by atoms with E-state index in [4.69, 9.17) is 11.6 Å². The normalized spacial score (nSPS) is 16.8. The standard InChI is InChI=1S/C19H17ClN6/c20-18-11-25(12-21-18)15-6-8-24(9-7-15)17-3-1-2-14(10-17)19-23-22-13-26(19)16-4-5-16/h1-3,6-8,10-13,16H,4-5,9H2. The van der Waals surface area contributed by atoms with Crippen LogP contribution in [-0.4, -0.2) is 30.9 Å². The van der Waals surface area contributed by atoms with E-state index in [2.05, 4.69) is 67.3 Å². The Balaban J connectivity index is 1.39. The van der Waals surface area contributed by atoms with E-state index in [1.54, 1.807) is 12.5 Å². The molecular formula is C19H17ClN6. The van der Waals surface area contributed by atoms with Crippen LogP contribution in [0.25, 0.3) is 17.1 Å². The minimum atomic E-state index is 0.495. The maximum atomic E-state index is 5.90. The summed E-state index contributed by atoms with van der Waals surface area (Å²) < 4.78 is 4.11. The van der Waals surface area contributed by atoms with Crippen LogP contribution in [0.15, 0.2) is 61.5 Å². The molecule has 2 aliphatic rings. The van der Waals surface area contributed by atoms with Crippen LogP contribution in [0.1, 0.15) is 18.9 Å². The molecule has 6 nitrogen and oxygen atoms in total. The van der Waals surface area contributed by atoms with E-state index in [9.17, 15) is 0 Å². The lowest BCUT2D eigenvalue weighted by Gasteiger charge is -2.23. The van der Waals surface area contributed by atoms with Crippen molar-refractivity contribution >= 4 is 23.0 Å². The number of imidazole rings is 1. The van der Waals surface area contributed by atoms with Gasteiger partial charge in [-0.05, 0) is 37.1 Å². The Morgan fingerprint density at radius 2 is 2.08 bits per heavy atom. The van der Waals surface area contributed by atoms with Gasteiger partial charge in [0.25, 0.3) is 0 Å². The molecule has 2 aromatic heterocycles. The first kappa shape index (κ1) is 15.4. The monoisotopic (exact) mass is 364 g/mol. The summed E-state index contributed by atoms with van der Waals surface area (Å²) in [7, 11) is 0. The minimum Gasteiger partial charge on any atom is -0.344 e. The van der Waals surface area contributed by atoms with Crippen molar-refractivity contribution in [2.24, 2.45) is 0 Å². The van der Waals surface area contributed by atoms with Crippen LogP contribution in [0.5, 0.6) is 0 Å². The highest BCUT2D eigenvalue weighted by atomic mass is 35.5. The first-order valence-corrected chi connectivity index (χ1v) is 9.00. The van der Waals surface area contributed by atoms with Gasteiger partial charge in [0.05, 0.1) is 0 Å². The predicted octanol–water partition coefficient (Wildman–Crippen LogP) is 4.00. The average molecular weight is 365 g/mol. The van der Waals surface area contributed by atoms with Gasteiger partial charge in [0.2, 0.25) is 0 Å². The summed E-state index contributed by atoms with van der Waals surface area (Å²) in [6.07, 6.45) is 14.1. The zero-order chi connectivity index (χ0) is 17.5. The molecule has 0 spiro atoms. The predicted molar refractivity (Wildman–Crippen MR) is 102 cm³/mol. The lowest BCUT2D eigenvalue weighted by molar-refractivity contribution is 0.746. The molecule has 0 radical (unpaired) electrons. The summed E-state index contributed by atoms with van der Waals surface area (Å²) in [4.78, 5) is 6.26. The molecule has 0 N–H and O–H groups in total. The van der Waals surface area contributed by atoms with Gasteiger partial charge in [-0.15, -0.1) is 10.2 Å².